The molecule has 0 aromatic heterocycles. The summed E-state index contributed by atoms with van der Waals surface area (Å²) < 4.78 is 67.9. The summed E-state index contributed by atoms with van der Waals surface area (Å²) in [5.41, 5.74) is 4.51. The molecule has 0 aliphatic heterocycles. The molecule has 1 aliphatic rings. The fourth-order valence-electron chi connectivity index (χ4n) is 3.49. The molecule has 0 bridgehead atoms. The predicted molar refractivity (Wildman–Crippen MR) is 114 cm³/mol. The number of rotatable bonds is 4. The molecule has 0 unspecified atom stereocenters. The van der Waals surface area contributed by atoms with Crippen LogP contribution in [0.1, 0.15) is 31.8 Å². The van der Waals surface area contributed by atoms with E-state index in [0.717, 1.165) is 0 Å². The summed E-state index contributed by atoms with van der Waals surface area (Å²) in [5, 5.41) is 2.59. The molecule has 1 aliphatic carbocycles. The lowest BCUT2D eigenvalue weighted by molar-refractivity contribution is 0.0979. The zero-order valence-corrected chi connectivity index (χ0v) is 17.6. The third kappa shape index (κ3) is 3.54. The number of ketones is 2. The molecule has 3 aromatic rings. The molecule has 3 aromatic carbocycles. The van der Waals surface area contributed by atoms with E-state index in [1.165, 1.54) is 48.5 Å². The quantitative estimate of drug-likeness (QED) is 0.253. The Bertz CT molecular complexity index is 1530. The van der Waals surface area contributed by atoms with Crippen molar-refractivity contribution in [3.05, 3.63) is 76.9 Å². The van der Waals surface area contributed by atoms with Crippen LogP contribution in [0.3, 0.4) is 0 Å². The van der Waals surface area contributed by atoms with Gasteiger partial charge in [0.15, 0.2) is 11.6 Å². The average molecular weight is 474 g/mol. The number of fused-ring (bicyclic) bond motifs is 2. The molecule has 0 spiro atoms. The first-order chi connectivity index (χ1) is 14.9. The largest absolute Gasteiger partial charge is 0.399 e. The highest BCUT2D eigenvalue weighted by Crippen LogP contribution is 2.41. The molecule has 0 radical (unpaired) electrons. The van der Waals surface area contributed by atoms with E-state index in [2.05, 4.69) is 5.32 Å². The first kappa shape index (κ1) is 21.6. The van der Waals surface area contributed by atoms with E-state index < -0.39 is 58.4 Å². The monoisotopic (exact) mass is 474 g/mol. The standard InChI is InChI=1S/C20H14N2O8S2/c21-10-5-7-11(8-6-10)22-17-16-14(9-15(31(25,26)27)20(17)32(28,29)30)18(23)12-3-1-2-4-13(12)19(16)24/h1-9,22H,21H2,(H,25,26,27)(H,28,29,30). The molecule has 5 N–H and O–H groups in total. The first-order valence-corrected chi connectivity index (χ1v) is 11.7. The van der Waals surface area contributed by atoms with Crippen LogP contribution in [-0.4, -0.2) is 37.5 Å². The van der Waals surface area contributed by atoms with Crippen LogP contribution in [0.2, 0.25) is 0 Å². The Morgan fingerprint density at radius 1 is 0.750 bits per heavy atom. The van der Waals surface area contributed by atoms with Crippen LogP contribution in [0, 0.1) is 0 Å². The minimum absolute atomic E-state index is 0.0238. The SMILES string of the molecule is Nc1ccc(Nc2c3c(cc(S(=O)(=O)O)c2S(=O)(=O)O)C(=O)c2ccccc2C3=O)cc1. The van der Waals surface area contributed by atoms with E-state index in [9.17, 15) is 35.5 Å². The number of nitrogens with two attached hydrogens (primary N) is 1. The van der Waals surface area contributed by atoms with E-state index in [-0.39, 0.29) is 16.8 Å². The van der Waals surface area contributed by atoms with Gasteiger partial charge in [0.25, 0.3) is 20.2 Å². The highest BCUT2D eigenvalue weighted by molar-refractivity contribution is 7.89. The van der Waals surface area contributed by atoms with Crippen LogP contribution >= 0.6 is 0 Å². The molecule has 0 atom stereocenters. The van der Waals surface area contributed by atoms with Gasteiger partial charge in [-0.25, -0.2) is 0 Å². The number of carbonyl (C=O) groups is 2. The Labute approximate surface area is 182 Å². The van der Waals surface area contributed by atoms with Crippen molar-refractivity contribution in [1.82, 2.24) is 0 Å². The maximum atomic E-state index is 13.3. The molecular formula is C20H14N2O8S2. The van der Waals surface area contributed by atoms with Crippen LogP contribution < -0.4 is 11.1 Å². The van der Waals surface area contributed by atoms with E-state index in [0.29, 0.717) is 11.8 Å². The first-order valence-electron chi connectivity index (χ1n) is 8.86. The second-order valence-corrected chi connectivity index (χ2v) is 9.65. The van der Waals surface area contributed by atoms with Crippen molar-refractivity contribution in [3.63, 3.8) is 0 Å². The van der Waals surface area contributed by atoms with Crippen LogP contribution in [0.25, 0.3) is 0 Å². The lowest BCUT2D eigenvalue weighted by Gasteiger charge is -2.24. The predicted octanol–water partition coefficient (Wildman–Crippen LogP) is 2.28. The van der Waals surface area contributed by atoms with E-state index in [4.69, 9.17) is 5.73 Å². The van der Waals surface area contributed by atoms with Crippen LogP contribution in [-0.2, 0) is 20.2 Å². The highest BCUT2D eigenvalue weighted by Gasteiger charge is 2.39. The van der Waals surface area contributed by atoms with Gasteiger partial charge in [0.05, 0.1) is 11.3 Å². The van der Waals surface area contributed by atoms with Gasteiger partial charge in [-0.1, -0.05) is 24.3 Å². The molecule has 0 saturated heterocycles. The molecule has 12 heteroatoms. The van der Waals surface area contributed by atoms with Gasteiger partial charge < -0.3 is 11.1 Å². The molecule has 0 saturated carbocycles. The fraction of sp³-hybridized carbons (Fsp3) is 0. The molecule has 4 rings (SSSR count). The molecular weight excluding hydrogens is 460 g/mol. The Morgan fingerprint density at radius 3 is 1.84 bits per heavy atom. The summed E-state index contributed by atoms with van der Waals surface area (Å²) in [6.45, 7) is 0. The maximum Gasteiger partial charge on any atom is 0.298 e. The van der Waals surface area contributed by atoms with Gasteiger partial charge in [0, 0.05) is 28.1 Å². The Morgan fingerprint density at radius 2 is 1.31 bits per heavy atom. The molecule has 10 nitrogen and oxygen atoms in total. The minimum Gasteiger partial charge on any atom is -0.399 e. The number of nitrogens with one attached hydrogen (secondary N) is 1. The van der Waals surface area contributed by atoms with Crippen LogP contribution in [0.15, 0.2) is 64.4 Å². The zero-order valence-electron chi connectivity index (χ0n) is 15.9. The zero-order chi connectivity index (χ0) is 23.4. The van der Waals surface area contributed by atoms with E-state index in [1.54, 1.807) is 0 Å². The van der Waals surface area contributed by atoms with Crippen molar-refractivity contribution in [2.45, 2.75) is 9.79 Å². The minimum atomic E-state index is -5.32. The van der Waals surface area contributed by atoms with Gasteiger partial charge in [-0.05, 0) is 30.3 Å². The van der Waals surface area contributed by atoms with Crippen LogP contribution in [0.4, 0.5) is 17.1 Å². The summed E-state index contributed by atoms with van der Waals surface area (Å²) >= 11 is 0. The smallest absolute Gasteiger partial charge is 0.298 e. The fourth-order valence-corrected chi connectivity index (χ4v) is 5.45. The number of hydrogen-bond donors (Lipinski definition) is 4. The molecule has 32 heavy (non-hydrogen) atoms. The summed E-state index contributed by atoms with van der Waals surface area (Å²) in [6, 6.07) is 12.0. The summed E-state index contributed by atoms with van der Waals surface area (Å²) in [6.07, 6.45) is 0. The Hall–Kier alpha value is -3.58. The van der Waals surface area contributed by atoms with E-state index >= 15 is 0 Å². The average Bonchev–Trinajstić information content (AvgIpc) is 2.71. The van der Waals surface area contributed by atoms with Gasteiger partial charge in [-0.2, -0.15) is 16.8 Å². The third-order valence-electron chi connectivity index (χ3n) is 4.85. The third-order valence-corrected chi connectivity index (χ3v) is 6.80. The Kier molecular flexibility index (Phi) is 4.90. The van der Waals surface area contributed by atoms with Gasteiger partial charge in [0.2, 0.25) is 0 Å². The molecule has 164 valence electrons. The molecule has 0 fully saturated rings. The van der Waals surface area contributed by atoms with Gasteiger partial charge in [0.1, 0.15) is 9.79 Å². The van der Waals surface area contributed by atoms with Crippen LogP contribution in [0.5, 0.6) is 0 Å². The highest BCUT2D eigenvalue weighted by atomic mass is 32.2. The van der Waals surface area contributed by atoms with Gasteiger partial charge in [-0.15, -0.1) is 0 Å². The van der Waals surface area contributed by atoms with Gasteiger partial charge in [-0.3, -0.25) is 18.7 Å². The van der Waals surface area contributed by atoms with Gasteiger partial charge >= 0.3 is 0 Å². The second-order valence-electron chi connectivity index (χ2n) is 6.90. The lowest BCUT2D eigenvalue weighted by Crippen LogP contribution is -2.25. The van der Waals surface area contributed by atoms with Crippen molar-refractivity contribution < 1.29 is 35.5 Å². The number of carbonyl (C=O) groups excluding carboxylic acids is 2. The summed E-state index contributed by atoms with van der Waals surface area (Å²) in [5.74, 6) is -1.54. The number of hydrogen-bond acceptors (Lipinski definition) is 8. The summed E-state index contributed by atoms with van der Waals surface area (Å²) in [4.78, 5) is 23.8. The number of nitrogen functional groups attached to an aromatic ring is 1. The topological polar surface area (TPSA) is 181 Å². The maximum absolute atomic E-state index is 13.3. The van der Waals surface area contributed by atoms with E-state index in [1.807, 2.05) is 0 Å². The Balaban J connectivity index is 2.15. The molecule has 0 amide bonds. The van der Waals surface area contributed by atoms with Crippen molar-refractivity contribution >= 4 is 48.9 Å². The number of benzene rings is 3. The second kappa shape index (κ2) is 7.24. The lowest BCUT2D eigenvalue weighted by atomic mass is 9.83. The molecule has 0 heterocycles. The van der Waals surface area contributed by atoms with Crippen molar-refractivity contribution in [2.75, 3.05) is 11.1 Å². The number of anilines is 3. The summed E-state index contributed by atoms with van der Waals surface area (Å²) in [7, 11) is -10.6. The van der Waals surface area contributed by atoms with Crippen molar-refractivity contribution in [3.8, 4) is 0 Å². The normalized spacial score (nSPS) is 13.4. The van der Waals surface area contributed by atoms with Crippen molar-refractivity contribution in [2.24, 2.45) is 0 Å². The van der Waals surface area contributed by atoms with Crippen molar-refractivity contribution in [1.29, 1.82) is 0 Å².